The van der Waals surface area contributed by atoms with E-state index in [1.807, 2.05) is 0 Å². The molecule has 2 rings (SSSR count). The Morgan fingerprint density at radius 1 is 1.39 bits per heavy atom. The maximum absolute atomic E-state index is 12.1. The third kappa shape index (κ3) is 3.22. The van der Waals surface area contributed by atoms with E-state index in [1.165, 1.54) is 0 Å². The van der Waals surface area contributed by atoms with Crippen molar-refractivity contribution < 1.29 is 4.79 Å². The zero-order valence-electron chi connectivity index (χ0n) is 11.8. The predicted molar refractivity (Wildman–Crippen MR) is 72.5 cm³/mol. The molecule has 5 nitrogen and oxygen atoms in total. The quantitative estimate of drug-likeness (QED) is 0.702. The molecule has 2 aliphatic rings. The zero-order chi connectivity index (χ0) is 13.1. The topological polar surface area (TPSA) is 47.6 Å². The van der Waals surface area contributed by atoms with Crippen LogP contribution in [0.3, 0.4) is 0 Å². The lowest BCUT2D eigenvalue weighted by molar-refractivity contribution is -0.125. The molecule has 104 valence electrons. The number of likely N-dealkylation sites (N-methyl/N-ethyl adjacent to an activating group) is 2. The van der Waals surface area contributed by atoms with Crippen LogP contribution in [0.4, 0.5) is 0 Å². The van der Waals surface area contributed by atoms with E-state index in [1.54, 1.807) is 0 Å². The number of nitrogens with zero attached hydrogens (tertiary/aromatic N) is 2. The van der Waals surface area contributed by atoms with Crippen LogP contribution < -0.4 is 10.6 Å². The van der Waals surface area contributed by atoms with Gasteiger partial charge in [-0.2, -0.15) is 0 Å². The third-order valence-corrected chi connectivity index (χ3v) is 4.35. The Morgan fingerprint density at radius 2 is 2.17 bits per heavy atom. The van der Waals surface area contributed by atoms with Crippen molar-refractivity contribution >= 4 is 5.91 Å². The fourth-order valence-corrected chi connectivity index (χ4v) is 2.89. The molecule has 0 saturated carbocycles. The first kappa shape index (κ1) is 13.8. The molecule has 5 heteroatoms. The molecule has 0 aromatic heterocycles. The molecule has 2 saturated heterocycles. The lowest BCUT2D eigenvalue weighted by Gasteiger charge is -2.37. The highest BCUT2D eigenvalue weighted by molar-refractivity contribution is 5.79. The standard InChI is InChI=1S/C13H26N4O/c1-10-12(4-5-14-10)13(18)15-8-11-9-16(2)6-7-17(11)3/h10-12,14H,4-9H2,1-3H3,(H,15,18). The van der Waals surface area contributed by atoms with Crippen molar-refractivity contribution in [3.63, 3.8) is 0 Å². The van der Waals surface area contributed by atoms with Crippen LogP contribution in [-0.2, 0) is 4.79 Å². The number of amides is 1. The van der Waals surface area contributed by atoms with Gasteiger partial charge in [0.15, 0.2) is 0 Å². The Balaban J connectivity index is 1.78. The molecular weight excluding hydrogens is 228 g/mol. The number of nitrogens with one attached hydrogen (secondary N) is 2. The van der Waals surface area contributed by atoms with Crippen molar-refractivity contribution in [3.8, 4) is 0 Å². The normalized spacial score (nSPS) is 34.7. The van der Waals surface area contributed by atoms with E-state index in [4.69, 9.17) is 0 Å². The van der Waals surface area contributed by atoms with Crippen LogP contribution in [0.5, 0.6) is 0 Å². The van der Waals surface area contributed by atoms with E-state index in [9.17, 15) is 4.79 Å². The first-order chi connectivity index (χ1) is 8.58. The summed E-state index contributed by atoms with van der Waals surface area (Å²) in [7, 11) is 4.29. The SMILES string of the molecule is CC1NCCC1C(=O)NCC1CN(C)CCN1C. The minimum Gasteiger partial charge on any atom is -0.354 e. The van der Waals surface area contributed by atoms with Crippen molar-refractivity contribution in [2.45, 2.75) is 25.4 Å². The summed E-state index contributed by atoms with van der Waals surface area (Å²) in [4.78, 5) is 16.8. The van der Waals surface area contributed by atoms with E-state index >= 15 is 0 Å². The number of carbonyl (C=O) groups excluding carboxylic acids is 1. The third-order valence-electron chi connectivity index (χ3n) is 4.35. The van der Waals surface area contributed by atoms with Gasteiger partial charge >= 0.3 is 0 Å². The van der Waals surface area contributed by atoms with Gasteiger partial charge in [-0.05, 0) is 34.0 Å². The first-order valence-corrected chi connectivity index (χ1v) is 6.98. The average Bonchev–Trinajstić information content (AvgIpc) is 2.76. The molecule has 1 amide bonds. The van der Waals surface area contributed by atoms with Crippen molar-refractivity contribution in [1.29, 1.82) is 0 Å². The van der Waals surface area contributed by atoms with Gasteiger partial charge < -0.3 is 15.5 Å². The van der Waals surface area contributed by atoms with Gasteiger partial charge in [0.25, 0.3) is 0 Å². The van der Waals surface area contributed by atoms with Gasteiger partial charge in [-0.25, -0.2) is 0 Å². The van der Waals surface area contributed by atoms with E-state index in [0.29, 0.717) is 12.1 Å². The highest BCUT2D eigenvalue weighted by atomic mass is 16.1. The molecule has 2 aliphatic heterocycles. The Hall–Kier alpha value is -0.650. The molecule has 0 aliphatic carbocycles. The van der Waals surface area contributed by atoms with Gasteiger partial charge in [-0.15, -0.1) is 0 Å². The second-order valence-corrected chi connectivity index (χ2v) is 5.78. The molecule has 0 aromatic rings. The highest BCUT2D eigenvalue weighted by Gasteiger charge is 2.30. The summed E-state index contributed by atoms with van der Waals surface area (Å²) in [5.41, 5.74) is 0. The van der Waals surface area contributed by atoms with Gasteiger partial charge in [-0.3, -0.25) is 9.69 Å². The zero-order valence-corrected chi connectivity index (χ0v) is 11.8. The number of hydrogen-bond donors (Lipinski definition) is 2. The molecule has 0 radical (unpaired) electrons. The molecule has 2 heterocycles. The molecule has 3 atom stereocenters. The van der Waals surface area contributed by atoms with Crippen LogP contribution in [0.25, 0.3) is 0 Å². The summed E-state index contributed by atoms with van der Waals surface area (Å²) in [5, 5.41) is 6.45. The average molecular weight is 254 g/mol. The molecule has 0 bridgehead atoms. The van der Waals surface area contributed by atoms with E-state index in [2.05, 4.69) is 41.5 Å². The first-order valence-electron chi connectivity index (χ1n) is 6.98. The summed E-state index contributed by atoms with van der Waals surface area (Å²) < 4.78 is 0. The second-order valence-electron chi connectivity index (χ2n) is 5.78. The van der Waals surface area contributed by atoms with E-state index < -0.39 is 0 Å². The van der Waals surface area contributed by atoms with Crippen molar-refractivity contribution in [2.24, 2.45) is 5.92 Å². The highest BCUT2D eigenvalue weighted by Crippen LogP contribution is 2.15. The Bertz CT molecular complexity index is 297. The summed E-state index contributed by atoms with van der Waals surface area (Å²) in [6.45, 7) is 7.06. The van der Waals surface area contributed by atoms with Crippen LogP contribution >= 0.6 is 0 Å². The number of piperazine rings is 1. The van der Waals surface area contributed by atoms with Crippen molar-refractivity contribution in [2.75, 3.05) is 46.8 Å². The minimum absolute atomic E-state index is 0.150. The van der Waals surface area contributed by atoms with Gasteiger partial charge in [0.05, 0.1) is 5.92 Å². The lowest BCUT2D eigenvalue weighted by atomic mass is 10.0. The maximum Gasteiger partial charge on any atom is 0.224 e. The number of hydrogen-bond acceptors (Lipinski definition) is 4. The van der Waals surface area contributed by atoms with Crippen LogP contribution in [-0.4, -0.2) is 74.6 Å². The van der Waals surface area contributed by atoms with Crippen molar-refractivity contribution in [1.82, 2.24) is 20.4 Å². The van der Waals surface area contributed by atoms with Crippen LogP contribution in [0, 0.1) is 5.92 Å². The summed E-state index contributed by atoms with van der Waals surface area (Å²) in [6, 6.07) is 0.758. The Labute approximate surface area is 110 Å². The second kappa shape index (κ2) is 5.99. The Morgan fingerprint density at radius 3 is 2.83 bits per heavy atom. The summed E-state index contributed by atoms with van der Waals surface area (Å²) in [6.07, 6.45) is 0.966. The summed E-state index contributed by atoms with van der Waals surface area (Å²) >= 11 is 0. The van der Waals surface area contributed by atoms with E-state index in [0.717, 1.165) is 39.1 Å². The van der Waals surface area contributed by atoms with Gasteiger partial charge in [-0.1, -0.05) is 0 Å². The Kier molecular flexibility index (Phi) is 4.59. The fourth-order valence-electron chi connectivity index (χ4n) is 2.89. The summed E-state index contributed by atoms with van der Waals surface area (Å²) in [5.74, 6) is 0.366. The molecule has 0 aromatic carbocycles. The molecule has 2 N–H and O–H groups in total. The van der Waals surface area contributed by atoms with Crippen LogP contribution in [0.2, 0.25) is 0 Å². The minimum atomic E-state index is 0.150. The molecule has 0 spiro atoms. The largest absolute Gasteiger partial charge is 0.354 e. The monoisotopic (exact) mass is 254 g/mol. The molecule has 2 fully saturated rings. The van der Waals surface area contributed by atoms with Crippen LogP contribution in [0.15, 0.2) is 0 Å². The van der Waals surface area contributed by atoms with Gasteiger partial charge in [0.1, 0.15) is 0 Å². The molecule has 18 heavy (non-hydrogen) atoms. The van der Waals surface area contributed by atoms with Gasteiger partial charge in [0.2, 0.25) is 5.91 Å². The molecule has 3 unspecified atom stereocenters. The molecular formula is C13H26N4O. The fraction of sp³-hybridized carbons (Fsp3) is 0.923. The smallest absolute Gasteiger partial charge is 0.224 e. The number of carbonyl (C=O) groups is 1. The van der Waals surface area contributed by atoms with Crippen LogP contribution in [0.1, 0.15) is 13.3 Å². The van der Waals surface area contributed by atoms with Gasteiger partial charge in [0, 0.05) is 38.3 Å². The maximum atomic E-state index is 12.1. The lowest BCUT2D eigenvalue weighted by Crippen LogP contribution is -2.55. The number of rotatable bonds is 3. The van der Waals surface area contributed by atoms with Crippen molar-refractivity contribution in [3.05, 3.63) is 0 Å². The predicted octanol–water partition coefficient (Wildman–Crippen LogP) is -0.654. The van der Waals surface area contributed by atoms with E-state index in [-0.39, 0.29) is 11.8 Å².